The van der Waals surface area contributed by atoms with E-state index in [-0.39, 0.29) is 0 Å². The SMILES string of the molecule is COc1ncnc(NCCOCCC(C)C)c1C. The fourth-order valence-electron chi connectivity index (χ4n) is 1.48. The molecule has 5 nitrogen and oxygen atoms in total. The molecule has 1 aromatic rings. The van der Waals surface area contributed by atoms with Crippen molar-refractivity contribution in [1.29, 1.82) is 0 Å². The quantitative estimate of drug-likeness (QED) is 0.720. The monoisotopic (exact) mass is 253 g/mol. The molecule has 1 heterocycles. The van der Waals surface area contributed by atoms with Gasteiger partial charge in [0.05, 0.1) is 19.3 Å². The second-order valence-electron chi connectivity index (χ2n) is 4.58. The molecule has 0 bridgehead atoms. The number of nitrogens with one attached hydrogen (secondary N) is 1. The average molecular weight is 253 g/mol. The standard InChI is InChI=1S/C13H23N3O2/c1-10(2)5-7-18-8-6-14-12-11(3)13(17-4)16-9-15-12/h9-10H,5-8H2,1-4H3,(H,14,15,16). The molecule has 0 radical (unpaired) electrons. The molecule has 0 spiro atoms. The summed E-state index contributed by atoms with van der Waals surface area (Å²) in [4.78, 5) is 8.21. The van der Waals surface area contributed by atoms with Gasteiger partial charge in [0.2, 0.25) is 5.88 Å². The Balaban J connectivity index is 2.27. The molecule has 102 valence electrons. The smallest absolute Gasteiger partial charge is 0.221 e. The lowest BCUT2D eigenvalue weighted by atomic mass is 10.1. The van der Waals surface area contributed by atoms with Crippen LogP contribution >= 0.6 is 0 Å². The Kier molecular flexibility index (Phi) is 6.43. The van der Waals surface area contributed by atoms with Crippen molar-refractivity contribution in [1.82, 2.24) is 9.97 Å². The van der Waals surface area contributed by atoms with Crippen LogP contribution in [-0.4, -0.2) is 36.8 Å². The molecule has 0 aliphatic rings. The van der Waals surface area contributed by atoms with Crippen LogP contribution in [0.5, 0.6) is 5.88 Å². The van der Waals surface area contributed by atoms with Gasteiger partial charge in [-0.15, -0.1) is 0 Å². The molecule has 5 heteroatoms. The van der Waals surface area contributed by atoms with Gasteiger partial charge in [0.1, 0.15) is 12.1 Å². The van der Waals surface area contributed by atoms with E-state index in [2.05, 4.69) is 29.1 Å². The third-order valence-corrected chi connectivity index (χ3v) is 2.61. The topological polar surface area (TPSA) is 56.3 Å². The van der Waals surface area contributed by atoms with E-state index in [4.69, 9.17) is 9.47 Å². The van der Waals surface area contributed by atoms with Crippen molar-refractivity contribution >= 4 is 5.82 Å². The van der Waals surface area contributed by atoms with E-state index >= 15 is 0 Å². The summed E-state index contributed by atoms with van der Waals surface area (Å²) in [7, 11) is 1.61. The molecule has 0 amide bonds. The highest BCUT2D eigenvalue weighted by atomic mass is 16.5. The number of anilines is 1. The van der Waals surface area contributed by atoms with Gasteiger partial charge in [-0.3, -0.25) is 0 Å². The number of hydrogen-bond donors (Lipinski definition) is 1. The lowest BCUT2D eigenvalue weighted by molar-refractivity contribution is 0.132. The van der Waals surface area contributed by atoms with E-state index in [1.165, 1.54) is 6.33 Å². The summed E-state index contributed by atoms with van der Waals surface area (Å²) in [5.74, 6) is 2.09. The highest BCUT2D eigenvalue weighted by Gasteiger charge is 2.05. The number of nitrogens with zero attached hydrogens (tertiary/aromatic N) is 2. The molecule has 0 saturated heterocycles. The fraction of sp³-hybridized carbons (Fsp3) is 0.692. The van der Waals surface area contributed by atoms with Crippen molar-refractivity contribution in [2.45, 2.75) is 27.2 Å². The third-order valence-electron chi connectivity index (χ3n) is 2.61. The van der Waals surface area contributed by atoms with Gasteiger partial charge in [0.25, 0.3) is 0 Å². The molecule has 0 atom stereocenters. The van der Waals surface area contributed by atoms with Crippen molar-refractivity contribution < 1.29 is 9.47 Å². The zero-order chi connectivity index (χ0) is 13.4. The summed E-state index contributed by atoms with van der Waals surface area (Å²) in [6.45, 7) is 8.54. The molecule has 1 rings (SSSR count). The first-order valence-corrected chi connectivity index (χ1v) is 6.32. The second kappa shape index (κ2) is 7.87. The summed E-state index contributed by atoms with van der Waals surface area (Å²) in [6.07, 6.45) is 2.59. The Morgan fingerprint density at radius 3 is 2.72 bits per heavy atom. The number of ether oxygens (including phenoxy) is 2. The largest absolute Gasteiger partial charge is 0.481 e. The Labute approximate surface area is 109 Å². The molecular formula is C13H23N3O2. The Morgan fingerprint density at radius 2 is 2.06 bits per heavy atom. The molecule has 18 heavy (non-hydrogen) atoms. The highest BCUT2D eigenvalue weighted by molar-refractivity contribution is 5.47. The van der Waals surface area contributed by atoms with Crippen LogP contribution in [0.25, 0.3) is 0 Å². The predicted octanol–water partition coefficient (Wildman–Crippen LogP) is 2.27. The lowest BCUT2D eigenvalue weighted by Crippen LogP contribution is -2.13. The predicted molar refractivity (Wildman–Crippen MR) is 72.1 cm³/mol. The Morgan fingerprint density at radius 1 is 1.28 bits per heavy atom. The molecule has 1 aromatic heterocycles. The van der Waals surface area contributed by atoms with Crippen molar-refractivity contribution in [3.63, 3.8) is 0 Å². The molecule has 0 saturated carbocycles. The van der Waals surface area contributed by atoms with Gasteiger partial charge in [-0.25, -0.2) is 9.97 Å². The van der Waals surface area contributed by atoms with Crippen LogP contribution in [0.3, 0.4) is 0 Å². The van der Waals surface area contributed by atoms with Gasteiger partial charge in [0.15, 0.2) is 0 Å². The number of hydrogen-bond acceptors (Lipinski definition) is 5. The molecule has 0 aliphatic heterocycles. The van der Waals surface area contributed by atoms with Crippen molar-refractivity contribution in [2.24, 2.45) is 5.92 Å². The third kappa shape index (κ3) is 4.87. The summed E-state index contributed by atoms with van der Waals surface area (Å²) in [5, 5.41) is 3.22. The fourth-order valence-corrected chi connectivity index (χ4v) is 1.48. The van der Waals surface area contributed by atoms with Gasteiger partial charge in [-0.05, 0) is 19.3 Å². The number of aromatic nitrogens is 2. The van der Waals surface area contributed by atoms with Gasteiger partial charge in [-0.2, -0.15) is 0 Å². The lowest BCUT2D eigenvalue weighted by Gasteiger charge is -2.11. The van der Waals surface area contributed by atoms with Crippen molar-refractivity contribution in [2.75, 3.05) is 32.2 Å². The first-order valence-electron chi connectivity index (χ1n) is 6.32. The van der Waals surface area contributed by atoms with Crippen LogP contribution < -0.4 is 10.1 Å². The maximum Gasteiger partial charge on any atom is 0.221 e. The van der Waals surface area contributed by atoms with Crippen LogP contribution in [0.4, 0.5) is 5.82 Å². The van der Waals surface area contributed by atoms with E-state index in [0.29, 0.717) is 18.4 Å². The second-order valence-corrected chi connectivity index (χ2v) is 4.58. The highest BCUT2D eigenvalue weighted by Crippen LogP contribution is 2.19. The minimum atomic E-state index is 0.605. The zero-order valence-electron chi connectivity index (χ0n) is 11.7. The molecular weight excluding hydrogens is 230 g/mol. The molecule has 0 aromatic carbocycles. The van der Waals surface area contributed by atoms with E-state index in [1.54, 1.807) is 7.11 Å². The van der Waals surface area contributed by atoms with Gasteiger partial charge in [0, 0.05) is 13.2 Å². The maximum atomic E-state index is 5.53. The van der Waals surface area contributed by atoms with Crippen LogP contribution in [-0.2, 0) is 4.74 Å². The zero-order valence-corrected chi connectivity index (χ0v) is 11.7. The Hall–Kier alpha value is -1.36. The van der Waals surface area contributed by atoms with Gasteiger partial charge < -0.3 is 14.8 Å². The van der Waals surface area contributed by atoms with E-state index < -0.39 is 0 Å². The Bertz CT molecular complexity index is 356. The van der Waals surface area contributed by atoms with Gasteiger partial charge >= 0.3 is 0 Å². The van der Waals surface area contributed by atoms with Crippen LogP contribution in [0.2, 0.25) is 0 Å². The van der Waals surface area contributed by atoms with E-state index in [0.717, 1.165) is 31.0 Å². The summed E-state index contributed by atoms with van der Waals surface area (Å²) in [5.41, 5.74) is 0.919. The first-order chi connectivity index (χ1) is 8.65. The minimum Gasteiger partial charge on any atom is -0.481 e. The summed E-state index contributed by atoms with van der Waals surface area (Å²) >= 11 is 0. The van der Waals surface area contributed by atoms with Crippen molar-refractivity contribution in [3.05, 3.63) is 11.9 Å². The summed E-state index contributed by atoms with van der Waals surface area (Å²) < 4.78 is 10.7. The van der Waals surface area contributed by atoms with Gasteiger partial charge in [-0.1, -0.05) is 13.8 Å². The number of methoxy groups -OCH3 is 1. The maximum absolute atomic E-state index is 5.53. The minimum absolute atomic E-state index is 0.605. The van der Waals surface area contributed by atoms with Crippen LogP contribution in [0, 0.1) is 12.8 Å². The van der Waals surface area contributed by atoms with E-state index in [1.807, 2.05) is 6.92 Å². The normalized spacial score (nSPS) is 10.7. The van der Waals surface area contributed by atoms with Crippen LogP contribution in [0.15, 0.2) is 6.33 Å². The van der Waals surface area contributed by atoms with Crippen molar-refractivity contribution in [3.8, 4) is 5.88 Å². The summed E-state index contributed by atoms with van der Waals surface area (Å²) in [6, 6.07) is 0. The molecule has 0 aliphatic carbocycles. The first kappa shape index (κ1) is 14.7. The van der Waals surface area contributed by atoms with E-state index in [9.17, 15) is 0 Å². The molecule has 1 N–H and O–H groups in total. The average Bonchev–Trinajstić information content (AvgIpc) is 2.35. The van der Waals surface area contributed by atoms with Crippen LogP contribution in [0.1, 0.15) is 25.8 Å². The number of rotatable bonds is 8. The molecule has 0 unspecified atom stereocenters. The molecule has 0 fully saturated rings.